The van der Waals surface area contributed by atoms with Crippen LogP contribution in [0.5, 0.6) is 17.2 Å². The number of carbonyl (C=O) groups excluding carboxylic acids is 2. The summed E-state index contributed by atoms with van der Waals surface area (Å²) in [6.45, 7) is 4.74. The van der Waals surface area contributed by atoms with Gasteiger partial charge in [-0.25, -0.2) is 4.98 Å². The fraction of sp³-hybridized carbons (Fsp3) is 0.303. The van der Waals surface area contributed by atoms with Crippen molar-refractivity contribution in [3.05, 3.63) is 82.9 Å². The van der Waals surface area contributed by atoms with E-state index < -0.39 is 17.7 Å². The second kappa shape index (κ2) is 11.5. The van der Waals surface area contributed by atoms with E-state index in [0.717, 1.165) is 35.3 Å². The van der Waals surface area contributed by atoms with E-state index in [9.17, 15) is 14.7 Å². The molecule has 0 aliphatic carbocycles. The Labute approximate surface area is 248 Å². The van der Waals surface area contributed by atoms with Crippen LogP contribution in [0.15, 0.2) is 66.2 Å². The number of hydrogen-bond donors (Lipinski definition) is 1. The number of fused-ring (bicyclic) bond motifs is 2. The van der Waals surface area contributed by atoms with E-state index in [-0.39, 0.29) is 17.4 Å². The number of ketones is 1. The molecule has 9 heteroatoms. The van der Waals surface area contributed by atoms with Gasteiger partial charge >= 0.3 is 5.91 Å². The van der Waals surface area contributed by atoms with E-state index in [2.05, 4.69) is 6.92 Å². The Morgan fingerprint density at radius 1 is 1.07 bits per heavy atom. The molecule has 1 amide bonds. The average Bonchev–Trinajstić information content (AvgIpc) is 3.66. The maximum Gasteiger partial charge on any atom is 0.301 e. The fourth-order valence-corrected chi connectivity index (χ4v) is 6.50. The Morgan fingerprint density at radius 2 is 1.86 bits per heavy atom. The highest BCUT2D eigenvalue weighted by molar-refractivity contribution is 7.22. The van der Waals surface area contributed by atoms with Crippen molar-refractivity contribution < 1.29 is 28.9 Å². The zero-order valence-corrected chi connectivity index (χ0v) is 24.6. The molecule has 1 N–H and O–H groups in total. The van der Waals surface area contributed by atoms with Crippen molar-refractivity contribution >= 4 is 44.1 Å². The summed E-state index contributed by atoms with van der Waals surface area (Å²) in [6, 6.07) is 17.3. The van der Waals surface area contributed by atoms with E-state index in [1.54, 1.807) is 25.3 Å². The topological polar surface area (TPSA) is 98.2 Å². The molecule has 216 valence electrons. The number of rotatable bonds is 9. The number of aliphatic hydroxyl groups is 1. The highest BCUT2D eigenvalue weighted by atomic mass is 32.1. The Morgan fingerprint density at radius 3 is 2.62 bits per heavy atom. The SMILES string of the molecule is CCCCCOc1ccc(C2/C(=C(\O)c3ccc4c(c3)CC(C)O4)C(=O)C(=O)N2c2nc3ccc(OC)cc3s2)cc1. The minimum Gasteiger partial charge on any atom is -0.507 e. The van der Waals surface area contributed by atoms with Gasteiger partial charge in [0, 0.05) is 12.0 Å². The summed E-state index contributed by atoms with van der Waals surface area (Å²) in [4.78, 5) is 33.4. The number of hydrogen-bond acceptors (Lipinski definition) is 8. The number of amides is 1. The Balaban J connectivity index is 1.44. The number of aliphatic hydroxyl groups excluding tert-OH is 1. The van der Waals surface area contributed by atoms with Crippen LogP contribution in [0.25, 0.3) is 16.0 Å². The molecule has 3 heterocycles. The van der Waals surface area contributed by atoms with Crippen LogP contribution in [-0.2, 0) is 16.0 Å². The molecular weight excluding hydrogens is 552 g/mol. The molecule has 4 aromatic rings. The molecular formula is C33H32N2O6S. The van der Waals surface area contributed by atoms with Crippen LogP contribution in [0.3, 0.4) is 0 Å². The molecule has 1 saturated heterocycles. The van der Waals surface area contributed by atoms with Gasteiger partial charge < -0.3 is 19.3 Å². The lowest BCUT2D eigenvalue weighted by molar-refractivity contribution is -0.132. The van der Waals surface area contributed by atoms with Gasteiger partial charge in [0.1, 0.15) is 29.1 Å². The van der Waals surface area contributed by atoms with Crippen LogP contribution in [0.1, 0.15) is 55.8 Å². The quantitative estimate of drug-likeness (QED) is 0.0997. The lowest BCUT2D eigenvalue weighted by Crippen LogP contribution is -2.29. The molecule has 0 spiro atoms. The molecule has 1 fully saturated rings. The Hall–Kier alpha value is -4.37. The molecule has 0 bridgehead atoms. The van der Waals surface area contributed by atoms with E-state index in [0.29, 0.717) is 46.3 Å². The van der Waals surface area contributed by atoms with Crippen LogP contribution >= 0.6 is 11.3 Å². The Kier molecular flexibility index (Phi) is 7.60. The molecule has 0 radical (unpaired) electrons. The average molecular weight is 585 g/mol. The predicted octanol–water partition coefficient (Wildman–Crippen LogP) is 6.82. The lowest BCUT2D eigenvalue weighted by atomic mass is 9.94. The summed E-state index contributed by atoms with van der Waals surface area (Å²) >= 11 is 1.29. The monoisotopic (exact) mass is 584 g/mol. The molecule has 2 aliphatic rings. The van der Waals surface area contributed by atoms with Crippen molar-refractivity contribution in [3.8, 4) is 17.2 Å². The van der Waals surface area contributed by atoms with Gasteiger partial charge in [-0.05, 0) is 73.0 Å². The number of nitrogens with zero attached hydrogens (tertiary/aromatic N) is 2. The number of thiazole rings is 1. The van der Waals surface area contributed by atoms with Crippen molar-refractivity contribution in [1.82, 2.24) is 4.98 Å². The smallest absolute Gasteiger partial charge is 0.301 e. The van der Waals surface area contributed by atoms with Crippen LogP contribution in [0.4, 0.5) is 5.13 Å². The number of methoxy groups -OCH3 is 1. The van der Waals surface area contributed by atoms with Gasteiger partial charge in [-0.1, -0.05) is 43.2 Å². The maximum absolute atomic E-state index is 13.7. The van der Waals surface area contributed by atoms with Gasteiger partial charge in [-0.3, -0.25) is 14.5 Å². The van der Waals surface area contributed by atoms with Crippen molar-refractivity contribution in [3.63, 3.8) is 0 Å². The summed E-state index contributed by atoms with van der Waals surface area (Å²) in [5, 5.41) is 12.0. The van der Waals surface area contributed by atoms with Gasteiger partial charge in [0.2, 0.25) is 0 Å². The van der Waals surface area contributed by atoms with Crippen LogP contribution in [0, 0.1) is 0 Å². The summed E-state index contributed by atoms with van der Waals surface area (Å²) in [6.07, 6.45) is 3.89. The molecule has 1 aromatic heterocycles. The molecule has 42 heavy (non-hydrogen) atoms. The van der Waals surface area contributed by atoms with Crippen molar-refractivity contribution in [1.29, 1.82) is 0 Å². The standard InChI is InChI=1S/C33H32N2O6S/c1-4-5-6-15-40-23-10-7-20(8-11-23)29-28(30(36)21-9-14-26-22(17-21)16-19(2)41-26)31(37)32(38)35(29)33-34-25-13-12-24(39-3)18-27(25)42-33/h7-14,17-19,29,36H,4-6,15-16H2,1-3H3/b30-28+. The first-order valence-corrected chi connectivity index (χ1v) is 15.0. The van der Waals surface area contributed by atoms with Crippen molar-refractivity contribution in [2.45, 2.75) is 51.7 Å². The van der Waals surface area contributed by atoms with E-state index >= 15 is 0 Å². The molecule has 2 unspecified atom stereocenters. The normalized spacial score (nSPS) is 19.3. The largest absolute Gasteiger partial charge is 0.507 e. The predicted molar refractivity (Wildman–Crippen MR) is 163 cm³/mol. The third-order valence-corrected chi connectivity index (χ3v) is 8.63. The van der Waals surface area contributed by atoms with Crippen molar-refractivity contribution in [2.75, 3.05) is 18.6 Å². The maximum atomic E-state index is 13.7. The van der Waals surface area contributed by atoms with Crippen LogP contribution < -0.4 is 19.1 Å². The first-order chi connectivity index (χ1) is 20.4. The first kappa shape index (κ1) is 27.8. The number of ether oxygens (including phenoxy) is 3. The molecule has 2 atom stereocenters. The number of carbonyl (C=O) groups is 2. The minimum atomic E-state index is -0.884. The second-order valence-corrected chi connectivity index (χ2v) is 11.6. The number of Topliss-reactive ketones (excluding diaryl/α,β-unsaturated/α-hetero) is 1. The van der Waals surface area contributed by atoms with Gasteiger partial charge in [0.25, 0.3) is 5.78 Å². The number of benzene rings is 3. The third-order valence-electron chi connectivity index (χ3n) is 7.62. The lowest BCUT2D eigenvalue weighted by Gasteiger charge is -2.23. The summed E-state index contributed by atoms with van der Waals surface area (Å²) in [7, 11) is 1.59. The molecule has 0 saturated carbocycles. The van der Waals surface area contributed by atoms with E-state index in [1.807, 2.05) is 49.4 Å². The zero-order valence-electron chi connectivity index (χ0n) is 23.8. The highest BCUT2D eigenvalue weighted by Crippen LogP contribution is 2.45. The molecule has 8 nitrogen and oxygen atoms in total. The first-order valence-electron chi connectivity index (χ1n) is 14.2. The summed E-state index contributed by atoms with van der Waals surface area (Å²) in [5.41, 5.74) is 2.76. The Bertz CT molecular complexity index is 1690. The summed E-state index contributed by atoms with van der Waals surface area (Å²) < 4.78 is 17.9. The number of aromatic nitrogens is 1. The van der Waals surface area contributed by atoms with Crippen molar-refractivity contribution in [2.24, 2.45) is 0 Å². The second-order valence-electron chi connectivity index (χ2n) is 10.6. The molecule has 6 rings (SSSR count). The number of unbranched alkanes of at least 4 members (excludes halogenated alkanes) is 2. The van der Waals surface area contributed by atoms with Gasteiger partial charge in [0.15, 0.2) is 5.13 Å². The highest BCUT2D eigenvalue weighted by Gasteiger charge is 2.48. The zero-order chi connectivity index (χ0) is 29.4. The fourth-order valence-electron chi connectivity index (χ4n) is 5.48. The van der Waals surface area contributed by atoms with E-state index in [4.69, 9.17) is 19.2 Å². The minimum absolute atomic E-state index is 0.0142. The van der Waals surface area contributed by atoms with E-state index in [1.165, 1.54) is 16.2 Å². The van der Waals surface area contributed by atoms with Gasteiger partial charge in [0.05, 0.1) is 35.5 Å². The molecule has 2 aliphatic heterocycles. The van der Waals surface area contributed by atoms with Gasteiger partial charge in [-0.15, -0.1) is 0 Å². The van der Waals surface area contributed by atoms with Crippen LogP contribution in [-0.4, -0.2) is 41.6 Å². The van der Waals surface area contributed by atoms with Crippen LogP contribution in [0.2, 0.25) is 0 Å². The van der Waals surface area contributed by atoms with Gasteiger partial charge in [-0.2, -0.15) is 0 Å². The molecule has 3 aromatic carbocycles. The third kappa shape index (κ3) is 5.09. The summed E-state index contributed by atoms with van der Waals surface area (Å²) in [5.74, 6) is 0.388. The number of anilines is 1.